The highest BCUT2D eigenvalue weighted by Crippen LogP contribution is 2.19. The Morgan fingerprint density at radius 1 is 1.43 bits per heavy atom. The number of carbonyl (C=O) groups excluding carboxylic acids is 1. The summed E-state index contributed by atoms with van der Waals surface area (Å²) in [7, 11) is 0. The van der Waals surface area contributed by atoms with Crippen molar-refractivity contribution < 1.29 is 4.79 Å². The molecule has 0 radical (unpaired) electrons. The fourth-order valence-corrected chi connectivity index (χ4v) is 2.18. The molecule has 14 heavy (non-hydrogen) atoms. The van der Waals surface area contributed by atoms with Crippen molar-refractivity contribution in [1.82, 2.24) is 0 Å². The zero-order valence-electron chi connectivity index (χ0n) is 8.75. The van der Waals surface area contributed by atoms with Gasteiger partial charge in [-0.25, -0.2) is 0 Å². The third-order valence-electron chi connectivity index (χ3n) is 1.93. The van der Waals surface area contributed by atoms with E-state index in [1.165, 1.54) is 10.5 Å². The van der Waals surface area contributed by atoms with E-state index in [-0.39, 0.29) is 5.78 Å². The molecule has 0 unspecified atom stereocenters. The maximum atomic E-state index is 10.7. The smallest absolute Gasteiger partial charge is 0.129 e. The first-order chi connectivity index (χ1) is 6.68. The predicted molar refractivity (Wildman–Crippen MR) is 61.8 cm³/mol. The molecular weight excluding hydrogens is 192 g/mol. The van der Waals surface area contributed by atoms with Crippen molar-refractivity contribution in [2.75, 3.05) is 5.75 Å². The molecule has 0 saturated heterocycles. The number of ketones is 1. The number of hydrogen-bond donors (Lipinski definition) is 0. The standard InChI is InChI=1S/C12H16OS/c1-10-5-3-7-12(9-10)14-8-4-6-11(2)13/h3,5,7,9H,4,6,8H2,1-2H3. The fraction of sp³-hybridized carbons (Fsp3) is 0.417. The zero-order valence-corrected chi connectivity index (χ0v) is 9.56. The Balaban J connectivity index is 2.28. The van der Waals surface area contributed by atoms with Gasteiger partial charge in [0.1, 0.15) is 5.78 Å². The highest BCUT2D eigenvalue weighted by Gasteiger charge is 1.96. The molecule has 0 aromatic heterocycles. The maximum absolute atomic E-state index is 10.7. The first-order valence-electron chi connectivity index (χ1n) is 4.87. The average molecular weight is 208 g/mol. The second kappa shape index (κ2) is 5.86. The monoisotopic (exact) mass is 208 g/mol. The van der Waals surface area contributed by atoms with E-state index < -0.39 is 0 Å². The van der Waals surface area contributed by atoms with E-state index in [1.807, 2.05) is 11.8 Å². The SMILES string of the molecule is CC(=O)CCCSc1cccc(C)c1. The van der Waals surface area contributed by atoms with E-state index in [1.54, 1.807) is 6.92 Å². The molecule has 0 heterocycles. The number of benzene rings is 1. The zero-order chi connectivity index (χ0) is 10.4. The normalized spacial score (nSPS) is 10.1. The summed E-state index contributed by atoms with van der Waals surface area (Å²) in [5.41, 5.74) is 1.29. The molecule has 0 atom stereocenters. The van der Waals surface area contributed by atoms with E-state index in [0.717, 1.165) is 12.2 Å². The van der Waals surface area contributed by atoms with Crippen LogP contribution >= 0.6 is 11.8 Å². The second-order valence-electron chi connectivity index (χ2n) is 3.47. The van der Waals surface area contributed by atoms with Crippen LogP contribution < -0.4 is 0 Å². The van der Waals surface area contributed by atoms with E-state index >= 15 is 0 Å². The average Bonchev–Trinajstić information content (AvgIpc) is 2.12. The Morgan fingerprint density at radius 2 is 2.21 bits per heavy atom. The molecule has 0 aliphatic carbocycles. The van der Waals surface area contributed by atoms with Crippen LogP contribution in [0.1, 0.15) is 25.3 Å². The number of hydrogen-bond acceptors (Lipinski definition) is 2. The third-order valence-corrected chi connectivity index (χ3v) is 3.01. The van der Waals surface area contributed by atoms with Gasteiger partial charge in [0.25, 0.3) is 0 Å². The second-order valence-corrected chi connectivity index (χ2v) is 4.64. The summed E-state index contributed by atoms with van der Waals surface area (Å²) in [5, 5.41) is 0. The number of aryl methyl sites for hydroxylation is 1. The molecule has 0 bridgehead atoms. The Hall–Kier alpha value is -0.760. The van der Waals surface area contributed by atoms with Crippen LogP contribution in [-0.2, 0) is 4.79 Å². The molecule has 0 aliphatic heterocycles. The van der Waals surface area contributed by atoms with Crippen LogP contribution in [0.25, 0.3) is 0 Å². The van der Waals surface area contributed by atoms with Crippen molar-refractivity contribution in [3.63, 3.8) is 0 Å². The van der Waals surface area contributed by atoms with Crippen molar-refractivity contribution in [2.24, 2.45) is 0 Å². The van der Waals surface area contributed by atoms with Crippen LogP contribution in [0.15, 0.2) is 29.2 Å². The van der Waals surface area contributed by atoms with Gasteiger partial charge in [0.15, 0.2) is 0 Å². The molecule has 2 heteroatoms. The minimum atomic E-state index is 0.287. The topological polar surface area (TPSA) is 17.1 Å². The lowest BCUT2D eigenvalue weighted by Gasteiger charge is -2.01. The molecule has 0 amide bonds. The predicted octanol–water partition coefficient (Wildman–Crippen LogP) is 3.46. The van der Waals surface area contributed by atoms with Gasteiger partial charge in [0.05, 0.1) is 0 Å². The summed E-state index contributed by atoms with van der Waals surface area (Å²) in [6.07, 6.45) is 1.69. The highest BCUT2D eigenvalue weighted by molar-refractivity contribution is 7.99. The largest absolute Gasteiger partial charge is 0.300 e. The van der Waals surface area contributed by atoms with Gasteiger partial charge in [-0.3, -0.25) is 0 Å². The van der Waals surface area contributed by atoms with Gasteiger partial charge in [0, 0.05) is 11.3 Å². The van der Waals surface area contributed by atoms with Gasteiger partial charge in [-0.15, -0.1) is 11.8 Å². The molecule has 0 spiro atoms. The van der Waals surface area contributed by atoms with E-state index in [2.05, 4.69) is 31.2 Å². The van der Waals surface area contributed by atoms with Crippen LogP contribution in [0.3, 0.4) is 0 Å². The first kappa shape index (κ1) is 11.3. The molecule has 1 rings (SSSR count). The summed E-state index contributed by atoms with van der Waals surface area (Å²) >= 11 is 1.82. The van der Waals surface area contributed by atoms with Gasteiger partial charge in [-0.05, 0) is 38.2 Å². The lowest BCUT2D eigenvalue weighted by atomic mass is 10.2. The summed E-state index contributed by atoms with van der Waals surface area (Å²) in [5.74, 6) is 1.32. The minimum absolute atomic E-state index is 0.287. The first-order valence-corrected chi connectivity index (χ1v) is 5.86. The highest BCUT2D eigenvalue weighted by atomic mass is 32.2. The molecule has 1 aromatic rings. The van der Waals surface area contributed by atoms with Crippen molar-refractivity contribution in [1.29, 1.82) is 0 Å². The fourth-order valence-electron chi connectivity index (χ4n) is 1.22. The number of thioether (sulfide) groups is 1. The summed E-state index contributed by atoms with van der Waals surface area (Å²) in [6, 6.07) is 8.46. The Morgan fingerprint density at radius 3 is 2.86 bits per heavy atom. The lowest BCUT2D eigenvalue weighted by Crippen LogP contribution is -1.90. The quantitative estimate of drug-likeness (QED) is 0.544. The van der Waals surface area contributed by atoms with Crippen molar-refractivity contribution in [3.8, 4) is 0 Å². The molecule has 0 aliphatic rings. The van der Waals surface area contributed by atoms with Crippen molar-refractivity contribution in [3.05, 3.63) is 29.8 Å². The Kier molecular flexibility index (Phi) is 4.74. The lowest BCUT2D eigenvalue weighted by molar-refractivity contribution is -0.117. The maximum Gasteiger partial charge on any atom is 0.129 e. The molecule has 76 valence electrons. The summed E-state index contributed by atoms with van der Waals surface area (Å²) in [4.78, 5) is 12.0. The van der Waals surface area contributed by atoms with Gasteiger partial charge in [0.2, 0.25) is 0 Å². The molecule has 0 fully saturated rings. The summed E-state index contributed by atoms with van der Waals surface area (Å²) < 4.78 is 0. The number of carbonyl (C=O) groups is 1. The van der Waals surface area contributed by atoms with Crippen LogP contribution in [0.2, 0.25) is 0 Å². The van der Waals surface area contributed by atoms with Crippen LogP contribution in [0.5, 0.6) is 0 Å². The molecular formula is C12H16OS. The van der Waals surface area contributed by atoms with Crippen molar-refractivity contribution in [2.45, 2.75) is 31.6 Å². The molecule has 0 N–H and O–H groups in total. The van der Waals surface area contributed by atoms with Crippen LogP contribution in [0, 0.1) is 6.92 Å². The Bertz CT molecular complexity index is 307. The van der Waals surface area contributed by atoms with Crippen LogP contribution in [0.4, 0.5) is 0 Å². The molecule has 0 saturated carbocycles. The molecule has 1 nitrogen and oxygen atoms in total. The van der Waals surface area contributed by atoms with Crippen molar-refractivity contribution >= 4 is 17.5 Å². The van der Waals surface area contributed by atoms with Gasteiger partial charge in [-0.2, -0.15) is 0 Å². The third kappa shape index (κ3) is 4.47. The molecule has 1 aromatic carbocycles. The van der Waals surface area contributed by atoms with E-state index in [0.29, 0.717) is 6.42 Å². The summed E-state index contributed by atoms with van der Waals surface area (Å²) in [6.45, 7) is 3.75. The van der Waals surface area contributed by atoms with E-state index in [4.69, 9.17) is 0 Å². The van der Waals surface area contributed by atoms with Gasteiger partial charge >= 0.3 is 0 Å². The van der Waals surface area contributed by atoms with Crippen LogP contribution in [-0.4, -0.2) is 11.5 Å². The van der Waals surface area contributed by atoms with Gasteiger partial charge in [-0.1, -0.05) is 17.7 Å². The minimum Gasteiger partial charge on any atom is -0.300 e. The Labute approximate surface area is 89.9 Å². The number of rotatable bonds is 5. The number of Topliss-reactive ketones (excluding diaryl/α,β-unsaturated/α-hetero) is 1. The van der Waals surface area contributed by atoms with Gasteiger partial charge < -0.3 is 4.79 Å². The van der Waals surface area contributed by atoms with E-state index in [9.17, 15) is 4.79 Å².